The van der Waals surface area contributed by atoms with Crippen molar-refractivity contribution in [3.63, 3.8) is 0 Å². The van der Waals surface area contributed by atoms with Gasteiger partial charge in [0.15, 0.2) is 0 Å². The molecule has 0 aliphatic heterocycles. The SMILES string of the molecule is CCOc1ncccc1NCc1cnc[nH]1. The first kappa shape index (κ1) is 10.5. The quantitative estimate of drug-likeness (QED) is 0.803. The molecule has 0 atom stereocenters. The zero-order valence-electron chi connectivity index (χ0n) is 9.10. The van der Waals surface area contributed by atoms with Crippen LogP contribution in [0.5, 0.6) is 5.88 Å². The number of imidazole rings is 1. The van der Waals surface area contributed by atoms with Crippen molar-refractivity contribution in [2.45, 2.75) is 13.5 Å². The minimum atomic E-state index is 0.607. The molecule has 84 valence electrons. The average Bonchev–Trinajstić information content (AvgIpc) is 2.81. The number of aromatic amines is 1. The van der Waals surface area contributed by atoms with E-state index in [-0.39, 0.29) is 0 Å². The molecule has 0 bridgehead atoms. The van der Waals surface area contributed by atoms with Gasteiger partial charge in [-0.3, -0.25) is 0 Å². The number of pyridine rings is 1. The van der Waals surface area contributed by atoms with Crippen LogP contribution in [0.1, 0.15) is 12.6 Å². The molecule has 0 aliphatic rings. The van der Waals surface area contributed by atoms with Crippen LogP contribution in [0.25, 0.3) is 0 Å². The lowest BCUT2D eigenvalue weighted by Crippen LogP contribution is -2.04. The van der Waals surface area contributed by atoms with Gasteiger partial charge in [0.2, 0.25) is 5.88 Å². The van der Waals surface area contributed by atoms with Crippen molar-refractivity contribution in [3.05, 3.63) is 36.5 Å². The number of hydrogen-bond donors (Lipinski definition) is 2. The van der Waals surface area contributed by atoms with Crippen molar-refractivity contribution < 1.29 is 4.74 Å². The molecule has 0 fully saturated rings. The van der Waals surface area contributed by atoms with Crippen molar-refractivity contribution in [2.24, 2.45) is 0 Å². The predicted octanol–water partition coefficient (Wildman–Crippen LogP) is 1.82. The molecule has 2 heterocycles. The van der Waals surface area contributed by atoms with Crippen LogP contribution < -0.4 is 10.1 Å². The zero-order chi connectivity index (χ0) is 11.2. The first-order chi connectivity index (χ1) is 7.90. The number of aromatic nitrogens is 3. The zero-order valence-corrected chi connectivity index (χ0v) is 9.10. The van der Waals surface area contributed by atoms with Gasteiger partial charge in [-0.05, 0) is 19.1 Å². The molecule has 2 rings (SSSR count). The van der Waals surface area contributed by atoms with Crippen LogP contribution >= 0.6 is 0 Å². The summed E-state index contributed by atoms with van der Waals surface area (Å²) in [6.07, 6.45) is 5.15. The number of anilines is 1. The van der Waals surface area contributed by atoms with Crippen molar-refractivity contribution in [1.29, 1.82) is 0 Å². The van der Waals surface area contributed by atoms with Crippen LogP contribution in [-0.4, -0.2) is 21.6 Å². The first-order valence-electron chi connectivity index (χ1n) is 5.19. The molecule has 2 aromatic heterocycles. The van der Waals surface area contributed by atoms with Crippen LogP contribution in [-0.2, 0) is 6.54 Å². The third-order valence-corrected chi connectivity index (χ3v) is 2.08. The molecule has 0 aliphatic carbocycles. The van der Waals surface area contributed by atoms with E-state index in [0.29, 0.717) is 19.0 Å². The van der Waals surface area contributed by atoms with E-state index in [1.54, 1.807) is 18.7 Å². The van der Waals surface area contributed by atoms with Crippen molar-refractivity contribution in [3.8, 4) is 5.88 Å². The highest BCUT2D eigenvalue weighted by molar-refractivity contribution is 5.52. The largest absolute Gasteiger partial charge is 0.476 e. The molecule has 0 aromatic carbocycles. The Morgan fingerprint density at radius 2 is 2.44 bits per heavy atom. The standard InChI is InChI=1S/C11H14N4O/c1-2-16-11-10(4-3-5-13-11)14-7-9-6-12-8-15-9/h3-6,8,14H,2,7H2,1H3,(H,12,15). The summed E-state index contributed by atoms with van der Waals surface area (Å²) in [5.41, 5.74) is 1.91. The molecule has 0 spiro atoms. The molecule has 0 amide bonds. The minimum absolute atomic E-state index is 0.607. The van der Waals surface area contributed by atoms with E-state index in [0.717, 1.165) is 11.4 Å². The average molecular weight is 218 g/mol. The molecule has 16 heavy (non-hydrogen) atoms. The van der Waals surface area contributed by atoms with Gasteiger partial charge >= 0.3 is 0 Å². The van der Waals surface area contributed by atoms with Gasteiger partial charge in [-0.25, -0.2) is 9.97 Å². The number of ether oxygens (including phenoxy) is 1. The summed E-state index contributed by atoms with van der Waals surface area (Å²) in [5.74, 6) is 0.629. The molecular weight excluding hydrogens is 204 g/mol. The van der Waals surface area contributed by atoms with Gasteiger partial charge in [0.25, 0.3) is 0 Å². The smallest absolute Gasteiger partial charge is 0.237 e. The maximum atomic E-state index is 5.41. The maximum absolute atomic E-state index is 5.41. The van der Waals surface area contributed by atoms with Gasteiger partial charge in [-0.1, -0.05) is 0 Å². The van der Waals surface area contributed by atoms with E-state index < -0.39 is 0 Å². The Morgan fingerprint density at radius 3 is 3.19 bits per heavy atom. The molecule has 0 unspecified atom stereocenters. The summed E-state index contributed by atoms with van der Waals surface area (Å²) in [6.45, 7) is 3.22. The maximum Gasteiger partial charge on any atom is 0.237 e. The Bertz CT molecular complexity index is 427. The van der Waals surface area contributed by atoms with Crippen LogP contribution in [0.3, 0.4) is 0 Å². The Hall–Kier alpha value is -2.04. The second-order valence-electron chi connectivity index (χ2n) is 3.22. The van der Waals surface area contributed by atoms with E-state index in [9.17, 15) is 0 Å². The highest BCUT2D eigenvalue weighted by Crippen LogP contribution is 2.20. The number of rotatable bonds is 5. The lowest BCUT2D eigenvalue weighted by atomic mass is 10.3. The van der Waals surface area contributed by atoms with Crippen LogP contribution in [0, 0.1) is 0 Å². The third kappa shape index (κ3) is 2.50. The van der Waals surface area contributed by atoms with Crippen molar-refractivity contribution in [2.75, 3.05) is 11.9 Å². The van der Waals surface area contributed by atoms with Crippen molar-refractivity contribution >= 4 is 5.69 Å². The summed E-state index contributed by atoms with van der Waals surface area (Å²) in [4.78, 5) is 11.1. The van der Waals surface area contributed by atoms with Gasteiger partial charge in [0.05, 0.1) is 30.9 Å². The highest BCUT2D eigenvalue weighted by Gasteiger charge is 2.03. The number of nitrogens with one attached hydrogen (secondary N) is 2. The summed E-state index contributed by atoms with van der Waals surface area (Å²) in [7, 11) is 0. The van der Waals surface area contributed by atoms with Crippen LogP contribution in [0.2, 0.25) is 0 Å². The molecular formula is C11H14N4O. The Morgan fingerprint density at radius 1 is 1.50 bits per heavy atom. The van der Waals surface area contributed by atoms with E-state index in [2.05, 4.69) is 20.3 Å². The van der Waals surface area contributed by atoms with Crippen LogP contribution in [0.4, 0.5) is 5.69 Å². The third-order valence-electron chi connectivity index (χ3n) is 2.08. The van der Waals surface area contributed by atoms with Gasteiger partial charge < -0.3 is 15.0 Å². The Balaban J connectivity index is 2.03. The monoisotopic (exact) mass is 218 g/mol. The fourth-order valence-corrected chi connectivity index (χ4v) is 1.35. The van der Waals surface area contributed by atoms with Gasteiger partial charge in [0.1, 0.15) is 0 Å². The van der Waals surface area contributed by atoms with Gasteiger partial charge in [0, 0.05) is 12.4 Å². The summed E-state index contributed by atoms with van der Waals surface area (Å²) < 4.78 is 5.41. The number of hydrogen-bond acceptors (Lipinski definition) is 4. The lowest BCUT2D eigenvalue weighted by molar-refractivity contribution is 0.328. The highest BCUT2D eigenvalue weighted by atomic mass is 16.5. The lowest BCUT2D eigenvalue weighted by Gasteiger charge is -2.09. The second-order valence-corrected chi connectivity index (χ2v) is 3.22. The van der Waals surface area contributed by atoms with E-state index >= 15 is 0 Å². The van der Waals surface area contributed by atoms with Gasteiger partial charge in [-0.15, -0.1) is 0 Å². The summed E-state index contributed by atoms with van der Waals surface area (Å²) >= 11 is 0. The number of H-pyrrole nitrogens is 1. The molecule has 0 saturated heterocycles. The van der Waals surface area contributed by atoms with E-state index in [4.69, 9.17) is 4.74 Å². The van der Waals surface area contributed by atoms with Gasteiger partial charge in [-0.2, -0.15) is 0 Å². The topological polar surface area (TPSA) is 62.8 Å². The summed E-state index contributed by atoms with van der Waals surface area (Å²) in [5, 5.41) is 3.24. The van der Waals surface area contributed by atoms with Crippen molar-refractivity contribution in [1.82, 2.24) is 15.0 Å². The molecule has 5 nitrogen and oxygen atoms in total. The first-order valence-corrected chi connectivity index (χ1v) is 5.19. The van der Waals surface area contributed by atoms with Crippen LogP contribution in [0.15, 0.2) is 30.9 Å². The minimum Gasteiger partial charge on any atom is -0.476 e. The molecule has 0 saturated carbocycles. The molecule has 2 N–H and O–H groups in total. The Kier molecular flexibility index (Phi) is 3.38. The fraction of sp³-hybridized carbons (Fsp3) is 0.273. The molecule has 5 heteroatoms. The molecule has 2 aromatic rings. The Labute approximate surface area is 93.9 Å². The fourth-order valence-electron chi connectivity index (χ4n) is 1.35. The predicted molar refractivity (Wildman–Crippen MR) is 61.3 cm³/mol. The normalized spacial score (nSPS) is 10.1. The second kappa shape index (κ2) is 5.16. The number of nitrogens with zero attached hydrogens (tertiary/aromatic N) is 2. The summed E-state index contributed by atoms with van der Waals surface area (Å²) in [6, 6.07) is 3.81. The van der Waals surface area contributed by atoms with E-state index in [1.165, 1.54) is 0 Å². The van der Waals surface area contributed by atoms with E-state index in [1.807, 2.05) is 19.1 Å². The molecule has 0 radical (unpaired) electrons.